The van der Waals surface area contributed by atoms with Crippen LogP contribution in [-0.4, -0.2) is 22.1 Å². The second kappa shape index (κ2) is 5.12. The van der Waals surface area contributed by atoms with Crippen molar-refractivity contribution in [3.8, 4) is 0 Å². The van der Waals surface area contributed by atoms with Crippen LogP contribution in [0.2, 0.25) is 0 Å². The van der Waals surface area contributed by atoms with E-state index in [4.69, 9.17) is 5.73 Å². The summed E-state index contributed by atoms with van der Waals surface area (Å²) < 4.78 is 0. The van der Waals surface area contributed by atoms with Gasteiger partial charge in [0.2, 0.25) is 0 Å². The quantitative estimate of drug-likeness (QED) is 0.693. The van der Waals surface area contributed by atoms with E-state index in [0.717, 1.165) is 6.42 Å². The predicted octanol–water partition coefficient (Wildman–Crippen LogP) is 0.872. The van der Waals surface area contributed by atoms with Crippen LogP contribution in [0.4, 0.5) is 5.82 Å². The van der Waals surface area contributed by atoms with Gasteiger partial charge in [0.1, 0.15) is 11.6 Å². The van der Waals surface area contributed by atoms with Crippen LogP contribution in [0.5, 0.6) is 0 Å². The first-order valence-electron chi connectivity index (χ1n) is 5.55. The highest BCUT2D eigenvalue weighted by molar-refractivity contribution is 5.36. The Morgan fingerprint density at radius 3 is 2.81 bits per heavy atom. The van der Waals surface area contributed by atoms with Crippen LogP contribution < -0.4 is 16.6 Å². The van der Waals surface area contributed by atoms with E-state index in [-0.39, 0.29) is 11.1 Å². The molecule has 0 aromatic carbocycles. The zero-order chi connectivity index (χ0) is 12.2. The molecule has 4 N–H and O–H groups in total. The minimum atomic E-state index is -0.152. The molecule has 16 heavy (non-hydrogen) atoms. The number of nitrogens with zero attached hydrogens (tertiary/aromatic N) is 1. The first-order chi connectivity index (χ1) is 7.46. The van der Waals surface area contributed by atoms with Crippen LogP contribution in [0.15, 0.2) is 10.9 Å². The SMILES string of the molecule is CCc1nc(NC(C)(C)CCN)cc(=O)[nH]1. The maximum absolute atomic E-state index is 11.4. The first kappa shape index (κ1) is 12.7. The molecule has 0 unspecified atom stereocenters. The molecule has 1 aromatic heterocycles. The average Bonchev–Trinajstić information content (AvgIpc) is 2.15. The van der Waals surface area contributed by atoms with Gasteiger partial charge in [0.05, 0.1) is 0 Å². The summed E-state index contributed by atoms with van der Waals surface area (Å²) in [5.74, 6) is 1.30. The molecule has 1 aromatic rings. The Balaban J connectivity index is 2.88. The Morgan fingerprint density at radius 1 is 1.56 bits per heavy atom. The fraction of sp³-hybridized carbons (Fsp3) is 0.636. The van der Waals surface area contributed by atoms with Gasteiger partial charge in [-0.05, 0) is 26.8 Å². The monoisotopic (exact) mass is 224 g/mol. The average molecular weight is 224 g/mol. The normalized spacial score (nSPS) is 11.5. The number of hydrogen-bond acceptors (Lipinski definition) is 4. The third kappa shape index (κ3) is 3.66. The van der Waals surface area contributed by atoms with Crippen molar-refractivity contribution in [2.24, 2.45) is 5.73 Å². The van der Waals surface area contributed by atoms with Gasteiger partial charge in [-0.3, -0.25) is 4.79 Å². The molecule has 0 atom stereocenters. The molecule has 0 aliphatic heterocycles. The lowest BCUT2D eigenvalue weighted by Crippen LogP contribution is -2.34. The Bertz CT molecular complexity index is 397. The van der Waals surface area contributed by atoms with Crippen molar-refractivity contribution >= 4 is 5.82 Å². The van der Waals surface area contributed by atoms with Crippen LogP contribution in [0.25, 0.3) is 0 Å². The van der Waals surface area contributed by atoms with Crippen molar-refractivity contribution in [2.45, 2.75) is 39.2 Å². The maximum atomic E-state index is 11.4. The number of H-pyrrole nitrogens is 1. The lowest BCUT2D eigenvalue weighted by atomic mass is 10.0. The van der Waals surface area contributed by atoms with Gasteiger partial charge in [-0.25, -0.2) is 4.98 Å². The molecule has 90 valence electrons. The van der Waals surface area contributed by atoms with E-state index in [9.17, 15) is 4.79 Å². The molecule has 0 radical (unpaired) electrons. The Labute approximate surface area is 95.5 Å². The van der Waals surface area contributed by atoms with E-state index in [2.05, 4.69) is 15.3 Å². The smallest absolute Gasteiger partial charge is 0.252 e. The molecule has 0 saturated heterocycles. The number of aromatic nitrogens is 2. The second-order valence-corrected chi connectivity index (χ2v) is 4.48. The van der Waals surface area contributed by atoms with E-state index >= 15 is 0 Å². The number of anilines is 1. The Hall–Kier alpha value is -1.36. The largest absolute Gasteiger partial charge is 0.365 e. The number of aryl methyl sites for hydroxylation is 1. The number of nitrogens with one attached hydrogen (secondary N) is 2. The highest BCUT2D eigenvalue weighted by Gasteiger charge is 2.17. The van der Waals surface area contributed by atoms with Gasteiger partial charge in [-0.15, -0.1) is 0 Å². The summed E-state index contributed by atoms with van der Waals surface area (Å²) in [7, 11) is 0. The molecule has 0 saturated carbocycles. The molecular formula is C11H20N4O. The topological polar surface area (TPSA) is 83.8 Å². The lowest BCUT2D eigenvalue weighted by Gasteiger charge is -2.26. The summed E-state index contributed by atoms with van der Waals surface area (Å²) in [5, 5.41) is 3.22. The zero-order valence-electron chi connectivity index (χ0n) is 10.1. The maximum Gasteiger partial charge on any atom is 0.252 e. The fourth-order valence-corrected chi connectivity index (χ4v) is 1.51. The van der Waals surface area contributed by atoms with Gasteiger partial charge < -0.3 is 16.0 Å². The number of rotatable bonds is 5. The number of aromatic amines is 1. The van der Waals surface area contributed by atoms with Crippen molar-refractivity contribution in [3.05, 3.63) is 22.2 Å². The van der Waals surface area contributed by atoms with Gasteiger partial charge >= 0.3 is 0 Å². The molecule has 0 aliphatic carbocycles. The Kier molecular flexibility index (Phi) is 4.06. The molecule has 0 aliphatic rings. The summed E-state index contributed by atoms with van der Waals surface area (Å²) in [6, 6.07) is 1.47. The van der Waals surface area contributed by atoms with Crippen LogP contribution >= 0.6 is 0 Å². The van der Waals surface area contributed by atoms with Crippen molar-refractivity contribution in [2.75, 3.05) is 11.9 Å². The van der Waals surface area contributed by atoms with Crippen LogP contribution in [0, 0.1) is 0 Å². The molecule has 0 bridgehead atoms. The summed E-state index contributed by atoms with van der Waals surface area (Å²) in [6.07, 6.45) is 1.53. The van der Waals surface area contributed by atoms with E-state index in [0.29, 0.717) is 24.6 Å². The second-order valence-electron chi connectivity index (χ2n) is 4.48. The van der Waals surface area contributed by atoms with Gasteiger partial charge in [0.15, 0.2) is 0 Å². The third-order valence-electron chi connectivity index (χ3n) is 2.36. The van der Waals surface area contributed by atoms with E-state index < -0.39 is 0 Å². The van der Waals surface area contributed by atoms with Gasteiger partial charge in [0, 0.05) is 18.0 Å². The number of hydrogen-bond donors (Lipinski definition) is 3. The molecule has 1 rings (SSSR count). The predicted molar refractivity (Wildman–Crippen MR) is 65.6 cm³/mol. The molecular weight excluding hydrogens is 204 g/mol. The van der Waals surface area contributed by atoms with Crippen LogP contribution in [0.3, 0.4) is 0 Å². The summed E-state index contributed by atoms with van der Waals surface area (Å²) in [6.45, 7) is 6.62. The third-order valence-corrected chi connectivity index (χ3v) is 2.36. The fourth-order valence-electron chi connectivity index (χ4n) is 1.51. The Morgan fingerprint density at radius 2 is 2.25 bits per heavy atom. The first-order valence-corrected chi connectivity index (χ1v) is 5.55. The molecule has 0 spiro atoms. The summed E-state index contributed by atoms with van der Waals surface area (Å²) >= 11 is 0. The highest BCUT2D eigenvalue weighted by Crippen LogP contribution is 2.14. The molecule has 0 amide bonds. The highest BCUT2D eigenvalue weighted by atomic mass is 16.1. The van der Waals surface area contributed by atoms with E-state index in [1.165, 1.54) is 6.07 Å². The van der Waals surface area contributed by atoms with Crippen molar-refractivity contribution in [1.29, 1.82) is 0 Å². The zero-order valence-corrected chi connectivity index (χ0v) is 10.1. The van der Waals surface area contributed by atoms with Gasteiger partial charge in [-0.2, -0.15) is 0 Å². The molecule has 5 heteroatoms. The van der Waals surface area contributed by atoms with Gasteiger partial charge in [-0.1, -0.05) is 6.92 Å². The number of nitrogens with two attached hydrogens (primary N) is 1. The van der Waals surface area contributed by atoms with E-state index in [1.807, 2.05) is 20.8 Å². The standard InChI is InChI=1S/C11H20N4O/c1-4-8-13-9(7-10(16)14-8)15-11(2,3)5-6-12/h7H,4-6,12H2,1-3H3,(H2,13,14,15,16). The molecule has 1 heterocycles. The summed E-state index contributed by atoms with van der Waals surface area (Å²) in [4.78, 5) is 18.3. The molecule has 5 nitrogen and oxygen atoms in total. The minimum Gasteiger partial charge on any atom is -0.365 e. The van der Waals surface area contributed by atoms with Crippen LogP contribution in [0.1, 0.15) is 33.0 Å². The van der Waals surface area contributed by atoms with Crippen molar-refractivity contribution in [1.82, 2.24) is 9.97 Å². The van der Waals surface area contributed by atoms with Crippen LogP contribution in [-0.2, 0) is 6.42 Å². The van der Waals surface area contributed by atoms with E-state index in [1.54, 1.807) is 0 Å². The lowest BCUT2D eigenvalue weighted by molar-refractivity contribution is 0.524. The van der Waals surface area contributed by atoms with Crippen molar-refractivity contribution in [3.63, 3.8) is 0 Å². The van der Waals surface area contributed by atoms with Crippen molar-refractivity contribution < 1.29 is 0 Å². The minimum absolute atomic E-state index is 0.127. The van der Waals surface area contributed by atoms with Gasteiger partial charge in [0.25, 0.3) is 5.56 Å². The molecule has 0 fully saturated rings. The summed E-state index contributed by atoms with van der Waals surface area (Å²) in [5.41, 5.74) is 5.25.